The normalized spacial score (nSPS) is 16.2. The Hall–Kier alpha value is -4.01. The molecule has 0 saturated carbocycles. The van der Waals surface area contributed by atoms with Crippen LogP contribution in [-0.2, 0) is 6.42 Å². The SMILES string of the molecule is O=C(Oc1ccc(F)cc1)N1CCCC(n2ncc3c(=O)[nH]c(Cc4ccccc4)nc32)C1. The molecule has 2 aromatic carbocycles. The molecule has 3 heterocycles. The summed E-state index contributed by atoms with van der Waals surface area (Å²) in [6, 6.07) is 15.0. The summed E-state index contributed by atoms with van der Waals surface area (Å²) in [4.78, 5) is 34.4. The van der Waals surface area contributed by atoms with Crippen molar-refractivity contribution in [1.82, 2.24) is 24.6 Å². The summed E-state index contributed by atoms with van der Waals surface area (Å²) in [5, 5.41) is 4.84. The number of H-pyrrole nitrogens is 1. The third-order valence-corrected chi connectivity index (χ3v) is 5.75. The first kappa shape index (κ1) is 20.9. The monoisotopic (exact) mass is 447 g/mol. The molecule has 0 radical (unpaired) electrons. The van der Waals surface area contributed by atoms with Crippen LogP contribution >= 0.6 is 0 Å². The number of halogens is 1. The van der Waals surface area contributed by atoms with Gasteiger partial charge in [0.25, 0.3) is 5.56 Å². The number of aromatic amines is 1. The molecule has 8 nitrogen and oxygen atoms in total. The topological polar surface area (TPSA) is 93.1 Å². The first-order valence-electron chi connectivity index (χ1n) is 10.8. The predicted octanol–water partition coefficient (Wildman–Crippen LogP) is 3.69. The van der Waals surface area contributed by atoms with Crippen molar-refractivity contribution in [3.05, 3.63) is 88.4 Å². The predicted molar refractivity (Wildman–Crippen MR) is 120 cm³/mol. The van der Waals surface area contributed by atoms with E-state index in [4.69, 9.17) is 4.74 Å². The smallest absolute Gasteiger partial charge is 0.410 e. The number of rotatable bonds is 4. The average molecular weight is 447 g/mol. The third-order valence-electron chi connectivity index (χ3n) is 5.75. The molecule has 1 atom stereocenters. The van der Waals surface area contributed by atoms with Crippen LogP contribution in [0.1, 0.15) is 30.3 Å². The fraction of sp³-hybridized carbons (Fsp3) is 0.250. The Kier molecular flexibility index (Phi) is 5.60. The number of ether oxygens (including phenoxy) is 1. The zero-order chi connectivity index (χ0) is 22.8. The van der Waals surface area contributed by atoms with Crippen LogP contribution in [0.2, 0.25) is 0 Å². The zero-order valence-corrected chi connectivity index (χ0v) is 17.8. The molecule has 1 aliphatic rings. The van der Waals surface area contributed by atoms with Crippen LogP contribution in [-0.4, -0.2) is 43.8 Å². The quantitative estimate of drug-likeness (QED) is 0.515. The number of amides is 1. The molecule has 4 aromatic rings. The molecule has 2 aromatic heterocycles. The van der Waals surface area contributed by atoms with Crippen LogP contribution in [0.15, 0.2) is 65.6 Å². The van der Waals surface area contributed by atoms with Crippen LogP contribution < -0.4 is 10.3 Å². The minimum atomic E-state index is -0.502. The second kappa shape index (κ2) is 8.85. The van der Waals surface area contributed by atoms with E-state index in [0.29, 0.717) is 36.4 Å². The van der Waals surface area contributed by atoms with Crippen LogP contribution in [0.5, 0.6) is 5.75 Å². The molecule has 1 amide bonds. The summed E-state index contributed by atoms with van der Waals surface area (Å²) in [6.45, 7) is 0.919. The summed E-state index contributed by atoms with van der Waals surface area (Å²) < 4.78 is 20.2. The number of nitrogens with one attached hydrogen (secondary N) is 1. The Morgan fingerprint density at radius 1 is 1.15 bits per heavy atom. The lowest BCUT2D eigenvalue weighted by Gasteiger charge is -2.32. The van der Waals surface area contributed by atoms with Gasteiger partial charge in [-0.1, -0.05) is 30.3 Å². The maximum absolute atomic E-state index is 13.1. The molecule has 1 N–H and O–H groups in total. The summed E-state index contributed by atoms with van der Waals surface area (Å²) in [5.74, 6) is 0.447. The van der Waals surface area contributed by atoms with Crippen molar-refractivity contribution in [2.24, 2.45) is 0 Å². The van der Waals surface area contributed by atoms with Gasteiger partial charge in [-0.15, -0.1) is 0 Å². The van der Waals surface area contributed by atoms with Crippen molar-refractivity contribution in [3.8, 4) is 5.75 Å². The van der Waals surface area contributed by atoms with Gasteiger partial charge in [-0.2, -0.15) is 5.10 Å². The molecule has 1 fully saturated rings. The first-order chi connectivity index (χ1) is 16.1. The third kappa shape index (κ3) is 4.48. The minimum Gasteiger partial charge on any atom is -0.410 e. The van der Waals surface area contributed by atoms with Crippen LogP contribution in [0, 0.1) is 5.82 Å². The number of benzene rings is 2. The molecule has 1 aliphatic heterocycles. The maximum atomic E-state index is 13.1. The van der Waals surface area contributed by atoms with Crippen molar-refractivity contribution in [3.63, 3.8) is 0 Å². The van der Waals surface area contributed by atoms with Crippen LogP contribution in [0.25, 0.3) is 11.0 Å². The summed E-state index contributed by atoms with van der Waals surface area (Å²) in [5.41, 5.74) is 1.31. The molecule has 0 spiro atoms. The molecular formula is C24H22FN5O3. The van der Waals surface area contributed by atoms with Crippen molar-refractivity contribution in [2.75, 3.05) is 13.1 Å². The molecule has 33 heavy (non-hydrogen) atoms. The minimum absolute atomic E-state index is 0.143. The highest BCUT2D eigenvalue weighted by molar-refractivity contribution is 5.73. The first-order valence-corrected chi connectivity index (χ1v) is 10.8. The van der Waals surface area contributed by atoms with E-state index in [2.05, 4.69) is 15.1 Å². The molecule has 168 valence electrons. The molecular weight excluding hydrogens is 425 g/mol. The molecule has 5 rings (SSSR count). The second-order valence-electron chi connectivity index (χ2n) is 8.07. The highest BCUT2D eigenvalue weighted by Crippen LogP contribution is 2.25. The lowest BCUT2D eigenvalue weighted by molar-refractivity contribution is 0.126. The molecule has 1 unspecified atom stereocenters. The van der Waals surface area contributed by atoms with Crippen molar-refractivity contribution in [2.45, 2.75) is 25.3 Å². The van der Waals surface area contributed by atoms with Gasteiger partial charge in [0.15, 0.2) is 5.65 Å². The maximum Gasteiger partial charge on any atom is 0.415 e. The van der Waals surface area contributed by atoms with Crippen molar-refractivity contribution >= 4 is 17.1 Å². The van der Waals surface area contributed by atoms with Gasteiger partial charge in [0.2, 0.25) is 0 Å². The Labute approximate surface area is 188 Å². The Bertz CT molecular complexity index is 1330. The molecule has 0 bridgehead atoms. The Balaban J connectivity index is 1.37. The number of hydrogen-bond donors (Lipinski definition) is 1. The number of carbonyl (C=O) groups is 1. The summed E-state index contributed by atoms with van der Waals surface area (Å²) >= 11 is 0. The highest BCUT2D eigenvalue weighted by atomic mass is 19.1. The van der Waals surface area contributed by atoms with Gasteiger partial charge in [0, 0.05) is 19.5 Å². The number of likely N-dealkylation sites (tertiary alicyclic amines) is 1. The van der Waals surface area contributed by atoms with Crippen LogP contribution in [0.4, 0.5) is 9.18 Å². The Morgan fingerprint density at radius 3 is 2.73 bits per heavy atom. The molecule has 1 saturated heterocycles. The van der Waals surface area contributed by atoms with E-state index >= 15 is 0 Å². The van der Waals surface area contributed by atoms with E-state index in [1.807, 2.05) is 30.3 Å². The number of carbonyl (C=O) groups excluding carboxylic acids is 1. The second-order valence-corrected chi connectivity index (χ2v) is 8.07. The van der Waals surface area contributed by atoms with E-state index < -0.39 is 11.9 Å². The van der Waals surface area contributed by atoms with Crippen molar-refractivity contribution in [1.29, 1.82) is 0 Å². The zero-order valence-electron chi connectivity index (χ0n) is 17.8. The van der Waals surface area contributed by atoms with E-state index in [-0.39, 0.29) is 17.4 Å². The fourth-order valence-electron chi connectivity index (χ4n) is 4.11. The lowest BCUT2D eigenvalue weighted by Crippen LogP contribution is -2.42. The van der Waals surface area contributed by atoms with E-state index in [9.17, 15) is 14.0 Å². The van der Waals surface area contributed by atoms with Gasteiger partial charge in [0.1, 0.15) is 22.8 Å². The van der Waals surface area contributed by atoms with Gasteiger partial charge in [-0.25, -0.2) is 18.9 Å². The standard InChI is InChI=1S/C24H22FN5O3/c25-17-8-10-19(11-9-17)33-24(32)29-12-4-7-18(15-29)30-22-20(14-26-30)23(31)28-21(27-22)13-16-5-2-1-3-6-16/h1-3,5-6,8-11,14,18H,4,7,12-13,15H2,(H,27,28,31). The number of nitrogens with zero attached hydrogens (tertiary/aromatic N) is 4. The number of aromatic nitrogens is 4. The van der Waals surface area contributed by atoms with Crippen LogP contribution in [0.3, 0.4) is 0 Å². The number of hydrogen-bond acceptors (Lipinski definition) is 5. The largest absolute Gasteiger partial charge is 0.415 e. The fourth-order valence-corrected chi connectivity index (χ4v) is 4.11. The number of fused-ring (bicyclic) bond motifs is 1. The van der Waals surface area contributed by atoms with Gasteiger partial charge < -0.3 is 14.6 Å². The Morgan fingerprint density at radius 2 is 1.94 bits per heavy atom. The van der Waals surface area contributed by atoms with Gasteiger partial charge in [-0.3, -0.25) is 4.79 Å². The van der Waals surface area contributed by atoms with Gasteiger partial charge >= 0.3 is 6.09 Å². The van der Waals surface area contributed by atoms with E-state index in [1.54, 1.807) is 9.58 Å². The van der Waals surface area contributed by atoms with Crippen molar-refractivity contribution < 1.29 is 13.9 Å². The highest BCUT2D eigenvalue weighted by Gasteiger charge is 2.28. The van der Waals surface area contributed by atoms with Gasteiger partial charge in [0.05, 0.1) is 12.2 Å². The van der Waals surface area contributed by atoms with E-state index in [1.165, 1.54) is 30.5 Å². The molecule has 0 aliphatic carbocycles. The molecule has 9 heteroatoms. The summed E-state index contributed by atoms with van der Waals surface area (Å²) in [6.07, 6.45) is 3.06. The average Bonchev–Trinajstić information content (AvgIpc) is 3.26. The van der Waals surface area contributed by atoms with E-state index in [0.717, 1.165) is 18.4 Å². The number of piperidine rings is 1. The lowest BCUT2D eigenvalue weighted by atomic mass is 10.1. The summed E-state index contributed by atoms with van der Waals surface area (Å²) in [7, 11) is 0. The van der Waals surface area contributed by atoms with Gasteiger partial charge in [-0.05, 0) is 42.7 Å².